The minimum atomic E-state index is 0.409. The molecule has 0 aromatic heterocycles. The number of nitrogens with one attached hydrogen (secondary N) is 1. The molecule has 1 nitrogen and oxygen atoms in total. The van der Waals surface area contributed by atoms with Crippen LogP contribution in [0.4, 0.5) is 0 Å². The molecule has 0 aromatic carbocycles. The molecule has 0 bridgehead atoms. The summed E-state index contributed by atoms with van der Waals surface area (Å²) >= 11 is 5.20. The molecule has 1 saturated heterocycles. The summed E-state index contributed by atoms with van der Waals surface area (Å²) in [4.78, 5) is 0. The first kappa shape index (κ1) is 11.5. The van der Waals surface area contributed by atoms with Gasteiger partial charge in [0, 0.05) is 6.54 Å². The standard InChI is InChI=1S/C9H17I2N/c1-8(2,3)7-4-5-12-6-9(7,10)11/h7,12H,4-6H2,1-3H3. The second kappa shape index (κ2) is 3.88. The molecular weight excluding hydrogens is 376 g/mol. The van der Waals surface area contributed by atoms with Gasteiger partial charge in [0.05, 0.1) is 1.43 Å². The number of rotatable bonds is 0. The first-order valence-electron chi connectivity index (χ1n) is 4.42. The maximum atomic E-state index is 3.46. The molecule has 1 rings (SSSR count). The largest absolute Gasteiger partial charge is 0.315 e. The highest BCUT2D eigenvalue weighted by Gasteiger charge is 2.42. The summed E-state index contributed by atoms with van der Waals surface area (Å²) in [6.07, 6.45) is 1.31. The first-order valence-corrected chi connectivity index (χ1v) is 6.58. The van der Waals surface area contributed by atoms with Gasteiger partial charge in [-0.05, 0) is 24.3 Å². The van der Waals surface area contributed by atoms with Crippen LogP contribution in [0.15, 0.2) is 0 Å². The molecule has 0 aromatic rings. The molecule has 0 amide bonds. The number of hydrogen-bond acceptors (Lipinski definition) is 1. The molecule has 1 fully saturated rings. The summed E-state index contributed by atoms with van der Waals surface area (Å²) < 4.78 is 0.409. The van der Waals surface area contributed by atoms with E-state index in [1.165, 1.54) is 13.0 Å². The molecule has 0 aliphatic carbocycles. The SMILES string of the molecule is CC(C)(C)C1CCNCC1(I)I. The highest BCUT2D eigenvalue weighted by atomic mass is 127. The van der Waals surface area contributed by atoms with Gasteiger partial charge in [-0.3, -0.25) is 0 Å². The van der Waals surface area contributed by atoms with Crippen LogP contribution >= 0.6 is 45.2 Å². The third-order valence-electron chi connectivity index (χ3n) is 2.53. The van der Waals surface area contributed by atoms with Crippen molar-refractivity contribution >= 4 is 45.2 Å². The van der Waals surface area contributed by atoms with Gasteiger partial charge in [-0.25, -0.2) is 0 Å². The number of hydrogen-bond donors (Lipinski definition) is 1. The lowest BCUT2D eigenvalue weighted by molar-refractivity contribution is 0.196. The summed E-state index contributed by atoms with van der Waals surface area (Å²) in [6.45, 7) is 9.41. The molecule has 72 valence electrons. The predicted octanol–water partition coefficient (Wildman–Crippen LogP) is 3.21. The van der Waals surface area contributed by atoms with Crippen molar-refractivity contribution in [3.8, 4) is 0 Å². The normalized spacial score (nSPS) is 30.2. The molecule has 1 N–H and O–H groups in total. The van der Waals surface area contributed by atoms with Crippen LogP contribution in [0.5, 0.6) is 0 Å². The van der Waals surface area contributed by atoms with Crippen molar-refractivity contribution in [2.45, 2.75) is 28.6 Å². The van der Waals surface area contributed by atoms with Crippen molar-refractivity contribution in [3.63, 3.8) is 0 Å². The minimum Gasteiger partial charge on any atom is -0.315 e. The second-order valence-electron chi connectivity index (χ2n) is 4.65. The van der Waals surface area contributed by atoms with Crippen LogP contribution in [-0.4, -0.2) is 14.5 Å². The Labute approximate surface area is 103 Å². The molecule has 0 spiro atoms. The Balaban J connectivity index is 2.73. The summed E-state index contributed by atoms with van der Waals surface area (Å²) in [6, 6.07) is 0. The van der Waals surface area contributed by atoms with E-state index in [0.29, 0.717) is 6.84 Å². The Morgan fingerprint density at radius 2 is 1.92 bits per heavy atom. The maximum absolute atomic E-state index is 3.46. The van der Waals surface area contributed by atoms with Crippen molar-refractivity contribution < 1.29 is 0 Å². The van der Waals surface area contributed by atoms with Crippen LogP contribution in [0.25, 0.3) is 0 Å². The third kappa shape index (κ3) is 2.70. The van der Waals surface area contributed by atoms with Gasteiger partial charge in [-0.1, -0.05) is 66.0 Å². The van der Waals surface area contributed by atoms with Crippen LogP contribution in [0.2, 0.25) is 0 Å². The molecular formula is C9H17I2N. The molecule has 0 radical (unpaired) electrons. The van der Waals surface area contributed by atoms with E-state index in [1.807, 2.05) is 0 Å². The fourth-order valence-corrected chi connectivity index (χ4v) is 4.93. The molecule has 1 heterocycles. The maximum Gasteiger partial charge on any atom is 0.0891 e. The van der Waals surface area contributed by atoms with E-state index in [4.69, 9.17) is 0 Å². The van der Waals surface area contributed by atoms with Gasteiger partial charge in [0.15, 0.2) is 0 Å². The molecule has 0 saturated carbocycles. The Bertz CT molecular complexity index is 160. The van der Waals surface area contributed by atoms with Crippen molar-refractivity contribution in [1.82, 2.24) is 5.32 Å². The Morgan fingerprint density at radius 3 is 2.25 bits per heavy atom. The molecule has 1 aliphatic rings. The second-order valence-corrected chi connectivity index (χ2v) is 10.6. The fraction of sp³-hybridized carbons (Fsp3) is 1.00. The smallest absolute Gasteiger partial charge is 0.0891 e. The van der Waals surface area contributed by atoms with Crippen LogP contribution in [-0.2, 0) is 0 Å². The van der Waals surface area contributed by atoms with Gasteiger partial charge >= 0.3 is 0 Å². The average Bonchev–Trinajstić information content (AvgIpc) is 1.83. The zero-order valence-corrected chi connectivity index (χ0v) is 12.3. The summed E-state index contributed by atoms with van der Waals surface area (Å²) in [5, 5.41) is 3.46. The Kier molecular flexibility index (Phi) is 3.72. The van der Waals surface area contributed by atoms with Crippen LogP contribution in [0.1, 0.15) is 27.2 Å². The predicted molar refractivity (Wildman–Crippen MR) is 71.2 cm³/mol. The van der Waals surface area contributed by atoms with E-state index >= 15 is 0 Å². The van der Waals surface area contributed by atoms with E-state index in [9.17, 15) is 0 Å². The zero-order chi connectivity index (χ0) is 9.41. The lowest BCUT2D eigenvalue weighted by Gasteiger charge is -2.43. The van der Waals surface area contributed by atoms with Gasteiger partial charge in [-0.15, -0.1) is 0 Å². The van der Waals surface area contributed by atoms with E-state index in [1.54, 1.807) is 0 Å². The highest BCUT2D eigenvalue weighted by Crippen LogP contribution is 2.47. The lowest BCUT2D eigenvalue weighted by Crippen LogP contribution is -2.48. The lowest BCUT2D eigenvalue weighted by atomic mass is 9.75. The monoisotopic (exact) mass is 393 g/mol. The van der Waals surface area contributed by atoms with Crippen LogP contribution in [0, 0.1) is 11.3 Å². The van der Waals surface area contributed by atoms with Gasteiger partial charge < -0.3 is 5.32 Å². The van der Waals surface area contributed by atoms with Gasteiger partial charge in [0.1, 0.15) is 0 Å². The van der Waals surface area contributed by atoms with E-state index < -0.39 is 0 Å². The fourth-order valence-electron chi connectivity index (χ4n) is 1.90. The van der Waals surface area contributed by atoms with Gasteiger partial charge in [0.25, 0.3) is 0 Å². The van der Waals surface area contributed by atoms with Crippen molar-refractivity contribution in [1.29, 1.82) is 0 Å². The molecule has 1 unspecified atom stereocenters. The third-order valence-corrected chi connectivity index (χ3v) is 4.79. The molecule has 1 atom stereocenters. The van der Waals surface area contributed by atoms with Crippen molar-refractivity contribution in [2.75, 3.05) is 13.1 Å². The van der Waals surface area contributed by atoms with E-state index in [-0.39, 0.29) is 0 Å². The van der Waals surface area contributed by atoms with E-state index in [0.717, 1.165) is 12.5 Å². The summed E-state index contributed by atoms with van der Waals surface area (Å²) in [5.41, 5.74) is 0.449. The van der Waals surface area contributed by atoms with Crippen molar-refractivity contribution in [3.05, 3.63) is 0 Å². The zero-order valence-electron chi connectivity index (χ0n) is 7.95. The highest BCUT2D eigenvalue weighted by molar-refractivity contribution is 14.2. The summed E-state index contributed by atoms with van der Waals surface area (Å²) in [7, 11) is 0. The van der Waals surface area contributed by atoms with Crippen LogP contribution < -0.4 is 5.32 Å². The number of piperidine rings is 1. The van der Waals surface area contributed by atoms with Gasteiger partial charge in [-0.2, -0.15) is 0 Å². The van der Waals surface area contributed by atoms with E-state index in [2.05, 4.69) is 71.3 Å². The molecule has 12 heavy (non-hydrogen) atoms. The van der Waals surface area contributed by atoms with Crippen molar-refractivity contribution in [2.24, 2.45) is 11.3 Å². The Morgan fingerprint density at radius 1 is 1.33 bits per heavy atom. The van der Waals surface area contributed by atoms with Gasteiger partial charge in [0.2, 0.25) is 0 Å². The summed E-state index contributed by atoms with van der Waals surface area (Å²) in [5.74, 6) is 0.826. The average molecular weight is 393 g/mol. The quantitative estimate of drug-likeness (QED) is 0.493. The first-order chi connectivity index (χ1) is 5.34. The minimum absolute atomic E-state index is 0.409. The molecule has 1 aliphatic heterocycles. The topological polar surface area (TPSA) is 12.0 Å². The van der Waals surface area contributed by atoms with Crippen LogP contribution in [0.3, 0.4) is 0 Å². The Hall–Kier alpha value is 1.42. The number of alkyl halides is 2. The molecule has 3 heteroatoms. The number of halogens is 2.